The number of halogens is 4. The zero-order valence-corrected chi connectivity index (χ0v) is 23.6. The topological polar surface area (TPSA) is 28.5 Å². The van der Waals surface area contributed by atoms with Gasteiger partial charge in [-0.3, -0.25) is 9.69 Å². The van der Waals surface area contributed by atoms with Crippen molar-refractivity contribution in [2.75, 3.05) is 19.6 Å². The second-order valence-electron chi connectivity index (χ2n) is 10.9. The standard InChI is InChI=1S/C33H31ClF3N3O/c1-22-30-29(17-20-39(32(30)41)26-15-18-38(19-16-26)21-23-7-3-2-4-8-23)40(28-10-6-5-9-27(28)34)31(22)24-11-13-25(14-12-24)33(35,36)37/h2-14,26H,15-21H2,1H3. The third-order valence-electron chi connectivity index (χ3n) is 8.40. The normalized spacial score (nSPS) is 16.7. The van der Waals surface area contributed by atoms with E-state index in [1.54, 1.807) is 6.07 Å². The summed E-state index contributed by atoms with van der Waals surface area (Å²) in [6.45, 7) is 5.24. The van der Waals surface area contributed by atoms with Crippen LogP contribution in [0.2, 0.25) is 5.02 Å². The Morgan fingerprint density at radius 1 is 0.878 bits per heavy atom. The number of nitrogens with zero attached hydrogens (tertiary/aromatic N) is 3. The van der Waals surface area contributed by atoms with Gasteiger partial charge in [-0.1, -0.05) is 66.2 Å². The summed E-state index contributed by atoms with van der Waals surface area (Å²) in [5, 5.41) is 0.513. The minimum Gasteiger partial charge on any atom is -0.335 e. The molecular weight excluding hydrogens is 547 g/mol. The summed E-state index contributed by atoms with van der Waals surface area (Å²) >= 11 is 6.64. The van der Waals surface area contributed by atoms with Crippen molar-refractivity contribution in [3.05, 3.63) is 112 Å². The first-order valence-corrected chi connectivity index (χ1v) is 14.3. The summed E-state index contributed by atoms with van der Waals surface area (Å²) < 4.78 is 41.9. The van der Waals surface area contributed by atoms with Crippen LogP contribution in [0.1, 0.15) is 45.6 Å². The average molecular weight is 578 g/mol. The van der Waals surface area contributed by atoms with Gasteiger partial charge in [-0.15, -0.1) is 0 Å². The number of fused-ring (bicyclic) bond motifs is 1. The molecule has 1 fully saturated rings. The third-order valence-corrected chi connectivity index (χ3v) is 8.72. The molecule has 41 heavy (non-hydrogen) atoms. The number of para-hydroxylation sites is 1. The molecular formula is C33H31ClF3N3O. The van der Waals surface area contributed by atoms with Crippen LogP contribution in [0, 0.1) is 6.92 Å². The number of carbonyl (C=O) groups is 1. The highest BCUT2D eigenvalue weighted by molar-refractivity contribution is 6.32. The molecule has 8 heteroatoms. The lowest BCUT2D eigenvalue weighted by molar-refractivity contribution is -0.137. The number of hydrogen-bond acceptors (Lipinski definition) is 2. The summed E-state index contributed by atoms with van der Waals surface area (Å²) in [7, 11) is 0. The van der Waals surface area contributed by atoms with Gasteiger partial charge < -0.3 is 9.47 Å². The predicted octanol–water partition coefficient (Wildman–Crippen LogP) is 7.79. The molecule has 4 nitrogen and oxygen atoms in total. The first kappa shape index (κ1) is 27.6. The van der Waals surface area contributed by atoms with Crippen molar-refractivity contribution in [1.29, 1.82) is 0 Å². The van der Waals surface area contributed by atoms with Crippen LogP contribution < -0.4 is 0 Å². The number of piperidine rings is 1. The summed E-state index contributed by atoms with van der Waals surface area (Å²) in [5.74, 6) is -0.00998. The molecule has 0 N–H and O–H groups in total. The molecule has 1 aromatic heterocycles. The Balaban J connectivity index is 1.32. The van der Waals surface area contributed by atoms with Crippen LogP contribution in [0.4, 0.5) is 13.2 Å². The van der Waals surface area contributed by atoms with Crippen LogP contribution in [0.15, 0.2) is 78.9 Å². The van der Waals surface area contributed by atoms with Crippen molar-refractivity contribution in [3.8, 4) is 16.9 Å². The van der Waals surface area contributed by atoms with E-state index in [0.717, 1.165) is 55.9 Å². The molecule has 0 aliphatic carbocycles. The van der Waals surface area contributed by atoms with Crippen LogP contribution in [0.5, 0.6) is 0 Å². The fraction of sp³-hybridized carbons (Fsp3) is 0.303. The molecule has 2 aliphatic heterocycles. The molecule has 0 saturated carbocycles. The van der Waals surface area contributed by atoms with Gasteiger partial charge in [0, 0.05) is 44.3 Å². The Morgan fingerprint density at radius 3 is 2.20 bits per heavy atom. The quantitative estimate of drug-likeness (QED) is 0.242. The largest absolute Gasteiger partial charge is 0.416 e. The number of alkyl halides is 3. The molecule has 0 spiro atoms. The van der Waals surface area contributed by atoms with Gasteiger partial charge in [0.05, 0.1) is 27.5 Å². The zero-order valence-electron chi connectivity index (χ0n) is 22.8. The Hall–Kier alpha value is -3.55. The van der Waals surface area contributed by atoms with E-state index in [2.05, 4.69) is 29.2 Å². The first-order chi connectivity index (χ1) is 19.7. The van der Waals surface area contributed by atoms with E-state index in [4.69, 9.17) is 11.6 Å². The molecule has 212 valence electrons. The van der Waals surface area contributed by atoms with E-state index < -0.39 is 11.7 Å². The SMILES string of the molecule is Cc1c2c(n(-c3ccccc3Cl)c1-c1ccc(C(F)(F)F)cc1)CCN(C1CCN(Cc3ccccc3)CC1)C2=O. The third kappa shape index (κ3) is 5.29. The number of hydrogen-bond donors (Lipinski definition) is 0. The summed E-state index contributed by atoms with van der Waals surface area (Å²) in [4.78, 5) is 18.6. The second-order valence-corrected chi connectivity index (χ2v) is 11.3. The molecule has 0 radical (unpaired) electrons. The molecule has 1 amide bonds. The lowest BCUT2D eigenvalue weighted by atomic mass is 9.96. The van der Waals surface area contributed by atoms with E-state index in [0.29, 0.717) is 40.5 Å². The average Bonchev–Trinajstić information content (AvgIpc) is 3.27. The number of rotatable bonds is 5. The van der Waals surface area contributed by atoms with Crippen molar-refractivity contribution < 1.29 is 18.0 Å². The van der Waals surface area contributed by atoms with E-state index in [-0.39, 0.29) is 11.9 Å². The summed E-state index contributed by atoms with van der Waals surface area (Å²) in [6, 6.07) is 23.1. The number of amides is 1. The van der Waals surface area contributed by atoms with E-state index >= 15 is 0 Å². The predicted molar refractivity (Wildman–Crippen MR) is 155 cm³/mol. The maximum absolute atomic E-state index is 14.1. The molecule has 3 heterocycles. The maximum atomic E-state index is 14.1. The van der Waals surface area contributed by atoms with Crippen LogP contribution >= 0.6 is 11.6 Å². The maximum Gasteiger partial charge on any atom is 0.416 e. The van der Waals surface area contributed by atoms with Crippen LogP contribution in [0.25, 0.3) is 16.9 Å². The zero-order chi connectivity index (χ0) is 28.7. The highest BCUT2D eigenvalue weighted by Gasteiger charge is 2.37. The van der Waals surface area contributed by atoms with Crippen LogP contribution in [-0.2, 0) is 19.1 Å². The van der Waals surface area contributed by atoms with Crippen LogP contribution in [-0.4, -0.2) is 46.0 Å². The molecule has 0 bridgehead atoms. The number of benzene rings is 3. The van der Waals surface area contributed by atoms with Gasteiger partial charge in [-0.05, 0) is 60.7 Å². The number of likely N-dealkylation sites (tertiary alicyclic amines) is 1. The highest BCUT2D eigenvalue weighted by atomic mass is 35.5. The lowest BCUT2D eigenvalue weighted by Gasteiger charge is -2.40. The number of aromatic nitrogens is 1. The fourth-order valence-electron chi connectivity index (χ4n) is 6.38. The first-order valence-electron chi connectivity index (χ1n) is 14.0. The molecule has 0 unspecified atom stereocenters. The van der Waals surface area contributed by atoms with Crippen molar-refractivity contribution in [2.45, 2.75) is 44.9 Å². The second kappa shape index (κ2) is 11.0. The monoisotopic (exact) mass is 577 g/mol. The van der Waals surface area contributed by atoms with Gasteiger partial charge in [0.2, 0.25) is 0 Å². The van der Waals surface area contributed by atoms with Crippen molar-refractivity contribution >= 4 is 17.5 Å². The molecule has 6 rings (SSSR count). The fourth-order valence-corrected chi connectivity index (χ4v) is 6.60. The van der Waals surface area contributed by atoms with Gasteiger partial charge in [0.25, 0.3) is 5.91 Å². The smallest absolute Gasteiger partial charge is 0.335 e. The van der Waals surface area contributed by atoms with Crippen molar-refractivity contribution in [1.82, 2.24) is 14.4 Å². The van der Waals surface area contributed by atoms with Crippen molar-refractivity contribution in [3.63, 3.8) is 0 Å². The Bertz CT molecular complexity index is 1560. The summed E-state index contributed by atoms with van der Waals surface area (Å²) in [6.07, 6.45) is -1.98. The highest BCUT2D eigenvalue weighted by Crippen LogP contribution is 2.40. The molecule has 4 aromatic rings. The van der Waals surface area contributed by atoms with Gasteiger partial charge >= 0.3 is 6.18 Å². The summed E-state index contributed by atoms with van der Waals surface area (Å²) in [5.41, 5.74) is 4.85. The molecule has 3 aromatic carbocycles. The van der Waals surface area contributed by atoms with E-state index in [1.165, 1.54) is 17.7 Å². The number of carbonyl (C=O) groups excluding carboxylic acids is 1. The molecule has 0 atom stereocenters. The molecule has 2 aliphatic rings. The van der Waals surface area contributed by atoms with E-state index in [9.17, 15) is 18.0 Å². The van der Waals surface area contributed by atoms with Crippen molar-refractivity contribution in [2.24, 2.45) is 0 Å². The Labute approximate surface area is 243 Å². The van der Waals surface area contributed by atoms with Gasteiger partial charge in [0.15, 0.2) is 0 Å². The molecule has 1 saturated heterocycles. The van der Waals surface area contributed by atoms with Crippen LogP contribution in [0.3, 0.4) is 0 Å². The van der Waals surface area contributed by atoms with E-state index in [1.807, 2.05) is 40.7 Å². The Kier molecular flexibility index (Phi) is 7.43. The minimum atomic E-state index is -4.43. The van der Waals surface area contributed by atoms with Gasteiger partial charge in [0.1, 0.15) is 0 Å². The lowest BCUT2D eigenvalue weighted by Crippen LogP contribution is -2.49. The Morgan fingerprint density at radius 2 is 1.54 bits per heavy atom. The minimum absolute atomic E-state index is 0.00998. The van der Waals surface area contributed by atoms with Gasteiger partial charge in [-0.2, -0.15) is 13.2 Å². The van der Waals surface area contributed by atoms with Gasteiger partial charge in [-0.25, -0.2) is 0 Å².